The number of phenolic OH excluding ortho intramolecular Hbond substituents is 1. The van der Waals surface area contributed by atoms with Gasteiger partial charge in [-0.2, -0.15) is 0 Å². The molecule has 0 spiro atoms. The van der Waals surface area contributed by atoms with Crippen molar-refractivity contribution in [3.8, 4) is 5.75 Å². The summed E-state index contributed by atoms with van der Waals surface area (Å²) < 4.78 is 0. The third-order valence-corrected chi connectivity index (χ3v) is 5.16. The Morgan fingerprint density at radius 3 is 1.94 bits per heavy atom. The van der Waals surface area contributed by atoms with Crippen molar-refractivity contribution in [2.75, 3.05) is 18.0 Å². The van der Waals surface area contributed by atoms with Crippen LogP contribution in [0.4, 0.5) is 5.69 Å². The van der Waals surface area contributed by atoms with Crippen LogP contribution in [0.25, 0.3) is 0 Å². The van der Waals surface area contributed by atoms with Gasteiger partial charge >= 0.3 is 5.97 Å². The van der Waals surface area contributed by atoms with Gasteiger partial charge in [-0.3, -0.25) is 9.59 Å². The van der Waals surface area contributed by atoms with Crippen molar-refractivity contribution in [3.63, 3.8) is 0 Å². The lowest BCUT2D eigenvalue weighted by atomic mass is 9.87. The summed E-state index contributed by atoms with van der Waals surface area (Å²) in [6.07, 6.45) is 0. The molecule has 3 rings (SSSR count). The van der Waals surface area contributed by atoms with Gasteiger partial charge < -0.3 is 15.1 Å². The molecule has 0 heterocycles. The number of carbonyl (C=O) groups excluding carboxylic acids is 2. The van der Waals surface area contributed by atoms with Gasteiger partial charge in [0.15, 0.2) is 11.6 Å². The lowest BCUT2D eigenvalue weighted by molar-refractivity contribution is 0.0692. The molecule has 6 heteroatoms. The lowest BCUT2D eigenvalue weighted by Gasteiger charge is -2.26. The van der Waals surface area contributed by atoms with E-state index in [1.165, 1.54) is 18.2 Å². The first-order valence-corrected chi connectivity index (χ1v) is 9.98. The SMILES string of the molecule is CCN(CC)c1ccc(C(=O)O)c(C(=O)c2ccccc2)c1C(=O)c1ccccc1O. The number of benzene rings is 3. The number of ketones is 2. The maximum atomic E-state index is 13.6. The van der Waals surface area contributed by atoms with Crippen LogP contribution in [0.15, 0.2) is 66.7 Å². The topological polar surface area (TPSA) is 94.9 Å². The Morgan fingerprint density at radius 2 is 1.35 bits per heavy atom. The van der Waals surface area contributed by atoms with Crippen molar-refractivity contribution in [2.45, 2.75) is 13.8 Å². The number of aromatic carboxylic acids is 1. The fourth-order valence-electron chi connectivity index (χ4n) is 3.60. The highest BCUT2D eigenvalue weighted by atomic mass is 16.4. The second-order valence-electron chi connectivity index (χ2n) is 6.90. The molecule has 0 atom stereocenters. The number of hydrogen-bond donors (Lipinski definition) is 2. The van der Waals surface area contributed by atoms with Gasteiger partial charge in [0.05, 0.1) is 22.3 Å². The fourth-order valence-corrected chi connectivity index (χ4v) is 3.60. The summed E-state index contributed by atoms with van der Waals surface area (Å²) in [6.45, 7) is 4.90. The smallest absolute Gasteiger partial charge is 0.336 e. The van der Waals surface area contributed by atoms with Crippen LogP contribution in [-0.2, 0) is 0 Å². The molecule has 6 nitrogen and oxygen atoms in total. The second kappa shape index (κ2) is 9.26. The van der Waals surface area contributed by atoms with E-state index in [0.29, 0.717) is 18.8 Å². The van der Waals surface area contributed by atoms with Crippen molar-refractivity contribution in [3.05, 3.63) is 94.5 Å². The molecule has 0 bridgehead atoms. The molecule has 2 N–H and O–H groups in total. The molecule has 3 aromatic rings. The predicted molar refractivity (Wildman–Crippen MR) is 118 cm³/mol. The minimum Gasteiger partial charge on any atom is -0.507 e. The molecular weight excluding hydrogens is 394 g/mol. The molecule has 3 aromatic carbocycles. The summed E-state index contributed by atoms with van der Waals surface area (Å²) >= 11 is 0. The third kappa shape index (κ3) is 4.19. The van der Waals surface area contributed by atoms with Crippen LogP contribution in [0.5, 0.6) is 5.75 Å². The number of carbonyl (C=O) groups is 3. The second-order valence-corrected chi connectivity index (χ2v) is 6.90. The number of anilines is 1. The van der Waals surface area contributed by atoms with Gasteiger partial charge in [-0.05, 0) is 38.1 Å². The zero-order chi connectivity index (χ0) is 22.5. The summed E-state index contributed by atoms with van der Waals surface area (Å²) in [4.78, 5) is 41.0. The number of aromatic hydroxyl groups is 1. The first kappa shape index (κ1) is 21.8. The van der Waals surface area contributed by atoms with Crippen molar-refractivity contribution in [1.82, 2.24) is 0 Å². The van der Waals surface area contributed by atoms with Gasteiger partial charge in [0.1, 0.15) is 5.75 Å². The molecule has 0 aliphatic carbocycles. The highest BCUT2D eigenvalue weighted by Gasteiger charge is 2.30. The molecule has 0 unspecified atom stereocenters. The molecule has 0 aliphatic heterocycles. The first-order valence-electron chi connectivity index (χ1n) is 9.98. The zero-order valence-corrected chi connectivity index (χ0v) is 17.3. The Balaban J connectivity index is 2.39. The zero-order valence-electron chi connectivity index (χ0n) is 17.3. The van der Waals surface area contributed by atoms with E-state index in [1.807, 2.05) is 18.7 Å². The Labute approximate surface area is 180 Å². The van der Waals surface area contributed by atoms with Crippen LogP contribution in [0, 0.1) is 0 Å². The van der Waals surface area contributed by atoms with Gasteiger partial charge in [0.2, 0.25) is 0 Å². The molecular formula is C25H23NO5. The standard InChI is InChI=1S/C25H23NO5/c1-3-26(4-2)19-15-14-18(25(30)31)21(23(28)16-10-6-5-7-11-16)22(19)24(29)17-12-8-9-13-20(17)27/h5-15,27H,3-4H2,1-2H3,(H,30,31). The molecule has 31 heavy (non-hydrogen) atoms. The third-order valence-electron chi connectivity index (χ3n) is 5.16. The lowest BCUT2D eigenvalue weighted by Crippen LogP contribution is -2.27. The normalized spacial score (nSPS) is 10.5. The molecule has 0 saturated heterocycles. The van der Waals surface area contributed by atoms with Crippen molar-refractivity contribution >= 4 is 23.2 Å². The van der Waals surface area contributed by atoms with Gasteiger partial charge in [-0.25, -0.2) is 4.79 Å². The number of nitrogens with zero attached hydrogens (tertiary/aromatic N) is 1. The largest absolute Gasteiger partial charge is 0.507 e. The number of carboxylic acid groups (broad SMARTS) is 1. The molecule has 158 valence electrons. The van der Waals surface area contributed by atoms with E-state index in [9.17, 15) is 24.6 Å². The highest BCUT2D eigenvalue weighted by Crippen LogP contribution is 2.33. The van der Waals surface area contributed by atoms with Gasteiger partial charge in [0.25, 0.3) is 0 Å². The number of para-hydroxylation sites is 1. The minimum absolute atomic E-state index is 0.000515. The van der Waals surface area contributed by atoms with Gasteiger partial charge in [0, 0.05) is 24.3 Å². The van der Waals surface area contributed by atoms with Crippen LogP contribution in [0.1, 0.15) is 56.0 Å². The average molecular weight is 417 g/mol. The van der Waals surface area contributed by atoms with E-state index in [4.69, 9.17) is 0 Å². The molecule has 0 radical (unpaired) electrons. The number of carboxylic acids is 1. The Morgan fingerprint density at radius 1 is 0.742 bits per heavy atom. The summed E-state index contributed by atoms with van der Waals surface area (Å²) in [7, 11) is 0. The molecule has 0 aromatic heterocycles. The number of phenols is 1. The van der Waals surface area contributed by atoms with Crippen molar-refractivity contribution < 1.29 is 24.6 Å². The maximum absolute atomic E-state index is 13.6. The molecule has 0 saturated carbocycles. The summed E-state index contributed by atoms with van der Waals surface area (Å²) in [6, 6.07) is 17.2. The van der Waals surface area contributed by atoms with Crippen LogP contribution in [0.2, 0.25) is 0 Å². The maximum Gasteiger partial charge on any atom is 0.336 e. The minimum atomic E-state index is -1.31. The van der Waals surface area contributed by atoms with E-state index < -0.39 is 17.5 Å². The van der Waals surface area contributed by atoms with E-state index >= 15 is 0 Å². The molecule has 0 fully saturated rings. The first-order chi connectivity index (χ1) is 14.9. The number of hydrogen-bond acceptors (Lipinski definition) is 5. The van der Waals surface area contributed by atoms with Crippen LogP contribution < -0.4 is 4.90 Å². The van der Waals surface area contributed by atoms with Crippen LogP contribution >= 0.6 is 0 Å². The Hall–Kier alpha value is -3.93. The van der Waals surface area contributed by atoms with Crippen LogP contribution in [-0.4, -0.2) is 40.8 Å². The Kier molecular flexibility index (Phi) is 6.50. The van der Waals surface area contributed by atoms with E-state index in [-0.39, 0.29) is 33.6 Å². The van der Waals surface area contributed by atoms with Gasteiger partial charge in [-0.15, -0.1) is 0 Å². The summed E-state index contributed by atoms with van der Waals surface area (Å²) in [5.41, 5.74) is 0.245. The number of rotatable bonds is 8. The Bertz CT molecular complexity index is 1130. The van der Waals surface area contributed by atoms with E-state index in [1.54, 1.807) is 48.5 Å². The molecule has 0 aliphatic rings. The van der Waals surface area contributed by atoms with Crippen LogP contribution in [0.3, 0.4) is 0 Å². The summed E-state index contributed by atoms with van der Waals surface area (Å²) in [5.74, 6) is -2.72. The van der Waals surface area contributed by atoms with Crippen molar-refractivity contribution in [1.29, 1.82) is 0 Å². The summed E-state index contributed by atoms with van der Waals surface area (Å²) in [5, 5.41) is 20.1. The van der Waals surface area contributed by atoms with Crippen molar-refractivity contribution in [2.24, 2.45) is 0 Å². The average Bonchev–Trinajstić information content (AvgIpc) is 2.79. The highest BCUT2D eigenvalue weighted by molar-refractivity contribution is 6.25. The van der Waals surface area contributed by atoms with E-state index in [2.05, 4.69) is 0 Å². The predicted octanol–water partition coefficient (Wildman–Crippen LogP) is 4.40. The van der Waals surface area contributed by atoms with Gasteiger partial charge in [-0.1, -0.05) is 42.5 Å². The van der Waals surface area contributed by atoms with E-state index in [0.717, 1.165) is 0 Å². The monoisotopic (exact) mass is 417 g/mol. The quantitative estimate of drug-likeness (QED) is 0.528. The fraction of sp³-hybridized carbons (Fsp3) is 0.160. The molecule has 0 amide bonds.